The summed E-state index contributed by atoms with van der Waals surface area (Å²) in [7, 11) is 0. The summed E-state index contributed by atoms with van der Waals surface area (Å²) >= 11 is 6.57. The number of carbonyl (C=O) groups excluding carboxylic acids is 1. The highest BCUT2D eigenvalue weighted by Gasteiger charge is 2.30. The number of thioether (sulfide) groups is 1. The summed E-state index contributed by atoms with van der Waals surface area (Å²) in [6, 6.07) is 13.7. The number of ether oxygens (including phenoxy) is 2. The molecule has 0 unspecified atom stereocenters. The van der Waals surface area contributed by atoms with E-state index in [-0.39, 0.29) is 5.91 Å². The van der Waals surface area contributed by atoms with Crippen LogP contribution < -0.4 is 9.47 Å². The van der Waals surface area contributed by atoms with Crippen molar-refractivity contribution < 1.29 is 14.3 Å². The second kappa shape index (κ2) is 9.76. The molecule has 6 heteroatoms. The van der Waals surface area contributed by atoms with Gasteiger partial charge in [-0.3, -0.25) is 9.69 Å². The molecule has 0 saturated carbocycles. The SMILES string of the molecule is C=CCN1C(=O)/C(=C/c2ccc(OCCOc3c(C)cccc3C)cc2)SC1=S. The maximum Gasteiger partial charge on any atom is 0.266 e. The summed E-state index contributed by atoms with van der Waals surface area (Å²) in [5.41, 5.74) is 3.16. The number of aryl methyl sites for hydroxylation is 2. The largest absolute Gasteiger partial charge is 0.490 e. The molecule has 3 rings (SSSR count). The lowest BCUT2D eigenvalue weighted by Crippen LogP contribution is -2.27. The number of hydrogen-bond donors (Lipinski definition) is 0. The monoisotopic (exact) mass is 425 g/mol. The maximum absolute atomic E-state index is 12.4. The molecule has 0 N–H and O–H groups in total. The fourth-order valence-electron chi connectivity index (χ4n) is 2.93. The van der Waals surface area contributed by atoms with Crippen molar-refractivity contribution in [3.05, 3.63) is 76.7 Å². The minimum Gasteiger partial charge on any atom is -0.490 e. The van der Waals surface area contributed by atoms with E-state index in [1.165, 1.54) is 11.8 Å². The van der Waals surface area contributed by atoms with Gasteiger partial charge in [0.15, 0.2) is 0 Å². The van der Waals surface area contributed by atoms with Gasteiger partial charge in [-0.05, 0) is 48.7 Å². The molecular weight excluding hydrogens is 402 g/mol. The molecule has 0 atom stereocenters. The standard InChI is InChI=1S/C23H23NO3S2/c1-4-12-24-22(25)20(29-23(24)28)15-18-8-10-19(11-9-18)26-13-14-27-21-16(2)6-5-7-17(21)3/h4-11,15H,1,12-14H2,2-3H3/b20-15-. The van der Waals surface area contributed by atoms with Gasteiger partial charge in [0, 0.05) is 6.54 Å². The van der Waals surface area contributed by atoms with E-state index < -0.39 is 0 Å². The van der Waals surface area contributed by atoms with Gasteiger partial charge in [0.05, 0.1) is 4.91 Å². The Morgan fingerprint density at radius 3 is 2.38 bits per heavy atom. The first-order chi connectivity index (χ1) is 14.0. The molecule has 1 fully saturated rings. The topological polar surface area (TPSA) is 38.8 Å². The van der Waals surface area contributed by atoms with Gasteiger partial charge in [0.1, 0.15) is 29.0 Å². The van der Waals surface area contributed by atoms with Crippen LogP contribution in [0.1, 0.15) is 16.7 Å². The first kappa shape index (κ1) is 21.1. The van der Waals surface area contributed by atoms with Crippen LogP contribution in [0.15, 0.2) is 60.0 Å². The normalized spacial score (nSPS) is 15.1. The molecule has 150 valence electrons. The molecular formula is C23H23NO3S2. The predicted molar refractivity (Wildman–Crippen MR) is 123 cm³/mol. The highest BCUT2D eigenvalue weighted by atomic mass is 32.2. The molecule has 1 aliphatic heterocycles. The molecule has 2 aromatic rings. The number of para-hydroxylation sites is 1. The fraction of sp³-hybridized carbons (Fsp3) is 0.217. The second-order valence-corrected chi connectivity index (χ2v) is 8.24. The summed E-state index contributed by atoms with van der Waals surface area (Å²) in [6.45, 7) is 9.09. The number of nitrogens with zero attached hydrogens (tertiary/aromatic N) is 1. The lowest BCUT2D eigenvalue weighted by molar-refractivity contribution is -0.121. The average Bonchev–Trinajstić information content (AvgIpc) is 2.96. The summed E-state index contributed by atoms with van der Waals surface area (Å²) in [6.07, 6.45) is 3.51. The van der Waals surface area contributed by atoms with Crippen molar-refractivity contribution in [3.8, 4) is 11.5 Å². The van der Waals surface area contributed by atoms with Crippen LogP contribution in [0.4, 0.5) is 0 Å². The number of hydrogen-bond acceptors (Lipinski definition) is 5. The lowest BCUT2D eigenvalue weighted by atomic mass is 10.1. The van der Waals surface area contributed by atoms with E-state index in [4.69, 9.17) is 21.7 Å². The molecule has 1 saturated heterocycles. The van der Waals surface area contributed by atoms with Gasteiger partial charge in [-0.15, -0.1) is 6.58 Å². The third-order valence-electron chi connectivity index (χ3n) is 4.37. The van der Waals surface area contributed by atoms with E-state index in [9.17, 15) is 4.79 Å². The molecule has 1 heterocycles. The molecule has 0 radical (unpaired) electrons. The van der Waals surface area contributed by atoms with E-state index in [1.54, 1.807) is 11.0 Å². The van der Waals surface area contributed by atoms with Gasteiger partial charge in [0.25, 0.3) is 5.91 Å². The van der Waals surface area contributed by atoms with Gasteiger partial charge >= 0.3 is 0 Å². The molecule has 1 aliphatic rings. The van der Waals surface area contributed by atoms with Crippen LogP contribution >= 0.6 is 24.0 Å². The van der Waals surface area contributed by atoms with Crippen LogP contribution in [-0.4, -0.2) is 34.9 Å². The van der Waals surface area contributed by atoms with E-state index in [0.29, 0.717) is 29.0 Å². The van der Waals surface area contributed by atoms with Crippen LogP contribution in [0.5, 0.6) is 11.5 Å². The quantitative estimate of drug-likeness (QED) is 0.253. The van der Waals surface area contributed by atoms with Gasteiger partial charge in [0.2, 0.25) is 0 Å². The van der Waals surface area contributed by atoms with Crippen LogP contribution in [0.25, 0.3) is 6.08 Å². The Hall–Kier alpha value is -2.57. The van der Waals surface area contributed by atoms with Crippen LogP contribution in [0.2, 0.25) is 0 Å². The number of thiocarbonyl (C=S) groups is 1. The third kappa shape index (κ3) is 5.28. The first-order valence-electron chi connectivity index (χ1n) is 9.27. The molecule has 1 amide bonds. The third-order valence-corrected chi connectivity index (χ3v) is 5.75. The highest BCUT2D eigenvalue weighted by molar-refractivity contribution is 8.26. The predicted octanol–water partition coefficient (Wildman–Crippen LogP) is 5.15. The number of amides is 1. The van der Waals surface area contributed by atoms with E-state index >= 15 is 0 Å². The molecule has 29 heavy (non-hydrogen) atoms. The van der Waals surface area contributed by atoms with Crippen molar-refractivity contribution in [2.24, 2.45) is 0 Å². The van der Waals surface area contributed by atoms with Crippen molar-refractivity contribution in [3.63, 3.8) is 0 Å². The molecule has 0 bridgehead atoms. The van der Waals surface area contributed by atoms with E-state index in [2.05, 4.69) is 6.58 Å². The molecule has 4 nitrogen and oxygen atoms in total. The minimum atomic E-state index is -0.0797. The number of rotatable bonds is 8. The Morgan fingerprint density at radius 2 is 1.72 bits per heavy atom. The first-order valence-corrected chi connectivity index (χ1v) is 10.5. The summed E-state index contributed by atoms with van der Waals surface area (Å²) in [4.78, 5) is 14.5. The molecule has 2 aromatic carbocycles. The Kier molecular flexibility index (Phi) is 7.12. The summed E-state index contributed by atoms with van der Waals surface area (Å²) in [5.74, 6) is 1.59. The van der Waals surface area contributed by atoms with Crippen molar-refractivity contribution in [1.29, 1.82) is 0 Å². The van der Waals surface area contributed by atoms with E-state index in [0.717, 1.165) is 28.2 Å². The molecule has 0 aromatic heterocycles. The average molecular weight is 426 g/mol. The summed E-state index contributed by atoms with van der Waals surface area (Å²) in [5, 5.41) is 0. The van der Waals surface area contributed by atoms with Crippen LogP contribution in [-0.2, 0) is 4.79 Å². The van der Waals surface area contributed by atoms with Crippen LogP contribution in [0.3, 0.4) is 0 Å². The van der Waals surface area contributed by atoms with Gasteiger partial charge in [-0.2, -0.15) is 0 Å². The smallest absolute Gasteiger partial charge is 0.266 e. The van der Waals surface area contributed by atoms with Crippen molar-refractivity contribution in [2.45, 2.75) is 13.8 Å². The van der Waals surface area contributed by atoms with Crippen molar-refractivity contribution in [1.82, 2.24) is 4.90 Å². The number of benzene rings is 2. The highest BCUT2D eigenvalue weighted by Crippen LogP contribution is 2.32. The van der Waals surface area contributed by atoms with Crippen LogP contribution in [0, 0.1) is 13.8 Å². The maximum atomic E-state index is 12.4. The Balaban J connectivity index is 1.53. The number of carbonyl (C=O) groups is 1. The minimum absolute atomic E-state index is 0.0797. The van der Waals surface area contributed by atoms with Gasteiger partial charge in [-0.1, -0.05) is 60.4 Å². The van der Waals surface area contributed by atoms with Crippen molar-refractivity contribution >= 4 is 40.3 Å². The zero-order chi connectivity index (χ0) is 20.8. The van der Waals surface area contributed by atoms with Gasteiger partial charge < -0.3 is 9.47 Å². The van der Waals surface area contributed by atoms with Crippen molar-refractivity contribution in [2.75, 3.05) is 19.8 Å². The Labute approximate surface area is 181 Å². The Morgan fingerprint density at radius 1 is 1.07 bits per heavy atom. The summed E-state index contributed by atoms with van der Waals surface area (Å²) < 4.78 is 12.2. The zero-order valence-corrected chi connectivity index (χ0v) is 18.1. The van der Waals surface area contributed by atoms with Gasteiger partial charge in [-0.25, -0.2) is 0 Å². The Bertz CT molecular complexity index is 931. The molecule has 0 spiro atoms. The second-order valence-electron chi connectivity index (χ2n) is 6.57. The lowest BCUT2D eigenvalue weighted by Gasteiger charge is -2.12. The fourth-order valence-corrected chi connectivity index (χ4v) is 4.20. The zero-order valence-electron chi connectivity index (χ0n) is 16.5. The molecule has 0 aliphatic carbocycles. The van der Waals surface area contributed by atoms with E-state index in [1.807, 2.05) is 62.4 Å².